The van der Waals surface area contributed by atoms with E-state index in [0.717, 1.165) is 32.1 Å². The maximum atomic E-state index is 14.6. The predicted molar refractivity (Wildman–Crippen MR) is 134 cm³/mol. The minimum Gasteiger partial charge on any atom is -0.497 e. The molecule has 1 saturated heterocycles. The number of halogens is 1. The predicted octanol–water partition coefficient (Wildman–Crippen LogP) is 3.01. The van der Waals surface area contributed by atoms with Crippen molar-refractivity contribution in [1.29, 1.82) is 0 Å². The molecule has 1 aromatic heterocycles. The normalized spacial score (nSPS) is 33.1. The third kappa shape index (κ3) is 4.17. The molecular formula is C27H34FN5O3. The summed E-state index contributed by atoms with van der Waals surface area (Å²) in [5.41, 5.74) is 0.396. The summed E-state index contributed by atoms with van der Waals surface area (Å²) in [6.07, 6.45) is 6.32. The van der Waals surface area contributed by atoms with E-state index in [0.29, 0.717) is 60.5 Å². The topological polar surface area (TPSA) is 90.8 Å². The highest BCUT2D eigenvalue weighted by atomic mass is 19.1. The lowest BCUT2D eigenvalue weighted by Crippen LogP contribution is -2.61. The van der Waals surface area contributed by atoms with E-state index < -0.39 is 5.60 Å². The van der Waals surface area contributed by atoms with Crippen molar-refractivity contribution in [2.24, 2.45) is 17.8 Å². The summed E-state index contributed by atoms with van der Waals surface area (Å²) in [6.45, 7) is 3.90. The number of hydrogen-bond donors (Lipinski definition) is 2. The molecule has 5 fully saturated rings. The molecule has 7 rings (SSSR count). The van der Waals surface area contributed by atoms with Crippen LogP contribution in [0.5, 0.6) is 5.75 Å². The van der Waals surface area contributed by atoms with Crippen molar-refractivity contribution < 1.29 is 19.0 Å². The Hall–Kier alpha value is -2.94. The van der Waals surface area contributed by atoms with Crippen molar-refractivity contribution in [3.8, 4) is 5.75 Å². The largest absolute Gasteiger partial charge is 0.497 e. The summed E-state index contributed by atoms with van der Waals surface area (Å²) in [7, 11) is 1.52. The van der Waals surface area contributed by atoms with Crippen molar-refractivity contribution >= 4 is 17.5 Å². The van der Waals surface area contributed by atoms with E-state index in [9.17, 15) is 14.3 Å². The molecule has 2 N–H and O–H groups in total. The number of methoxy groups -OCH3 is 1. The summed E-state index contributed by atoms with van der Waals surface area (Å²) in [6, 6.07) is 6.72. The maximum absolute atomic E-state index is 14.6. The summed E-state index contributed by atoms with van der Waals surface area (Å²) < 4.78 is 19.7. The van der Waals surface area contributed by atoms with Crippen molar-refractivity contribution in [3.05, 3.63) is 42.0 Å². The number of anilines is 2. The molecule has 2 unspecified atom stereocenters. The van der Waals surface area contributed by atoms with E-state index >= 15 is 0 Å². The third-order valence-corrected chi connectivity index (χ3v) is 8.79. The molecule has 1 aromatic carbocycles. The second kappa shape index (κ2) is 8.87. The van der Waals surface area contributed by atoms with Crippen LogP contribution >= 0.6 is 0 Å². The SMILES string of the molecule is COc1ccc(N2CCN(c3nccc(C(=O)NC4C5CC6CC4CC(O)(C6)C5)n3)[C@H](C)C2)c(F)c1. The lowest BCUT2D eigenvalue weighted by atomic mass is 9.52. The lowest BCUT2D eigenvalue weighted by molar-refractivity contribution is -0.136. The Bertz CT molecular complexity index is 1150. The fourth-order valence-corrected chi connectivity index (χ4v) is 7.40. The quantitative estimate of drug-likeness (QED) is 0.659. The molecule has 1 amide bonds. The first kappa shape index (κ1) is 23.5. The van der Waals surface area contributed by atoms with Gasteiger partial charge in [-0.2, -0.15) is 0 Å². The van der Waals surface area contributed by atoms with Crippen LogP contribution in [-0.4, -0.2) is 65.4 Å². The van der Waals surface area contributed by atoms with Crippen LogP contribution in [0.1, 0.15) is 49.5 Å². The molecule has 8 nitrogen and oxygen atoms in total. The van der Waals surface area contributed by atoms with E-state index in [-0.39, 0.29) is 23.8 Å². The van der Waals surface area contributed by atoms with Gasteiger partial charge < -0.3 is 25.0 Å². The van der Waals surface area contributed by atoms with Gasteiger partial charge in [-0.1, -0.05) is 0 Å². The number of nitrogens with one attached hydrogen (secondary N) is 1. The van der Waals surface area contributed by atoms with E-state index in [4.69, 9.17) is 4.74 Å². The number of aromatic nitrogens is 2. The Kier molecular flexibility index (Phi) is 5.78. The first-order valence-electron chi connectivity index (χ1n) is 13.0. The monoisotopic (exact) mass is 495 g/mol. The van der Waals surface area contributed by atoms with E-state index in [1.807, 2.05) is 4.90 Å². The zero-order valence-corrected chi connectivity index (χ0v) is 20.9. The first-order chi connectivity index (χ1) is 17.3. The van der Waals surface area contributed by atoms with E-state index in [2.05, 4.69) is 27.1 Å². The highest BCUT2D eigenvalue weighted by molar-refractivity contribution is 5.92. The zero-order chi connectivity index (χ0) is 25.0. The number of amides is 1. The summed E-state index contributed by atoms with van der Waals surface area (Å²) in [4.78, 5) is 26.4. The lowest BCUT2D eigenvalue weighted by Gasteiger charge is -2.58. The molecule has 9 heteroatoms. The molecule has 5 aliphatic rings. The second-order valence-electron chi connectivity index (χ2n) is 11.2. The van der Waals surface area contributed by atoms with Gasteiger partial charge in [0.25, 0.3) is 5.91 Å². The van der Waals surface area contributed by atoms with Crippen molar-refractivity contribution in [2.45, 2.75) is 56.7 Å². The van der Waals surface area contributed by atoms with Gasteiger partial charge in [0.1, 0.15) is 17.3 Å². The number of carbonyl (C=O) groups is 1. The zero-order valence-electron chi connectivity index (χ0n) is 20.9. The van der Waals surface area contributed by atoms with Gasteiger partial charge in [0, 0.05) is 44.0 Å². The molecule has 4 saturated carbocycles. The number of ether oxygens (including phenoxy) is 1. The van der Waals surface area contributed by atoms with Crippen LogP contribution in [0.25, 0.3) is 0 Å². The standard InChI is InChI=1S/C27H34FN5O3/c1-16-15-32(23-4-3-20(36-2)11-21(23)28)7-8-33(16)26-29-6-5-22(30-26)25(34)31-24-18-9-17-10-19(24)14-27(35,12-17)13-18/h3-6,11,16-19,24,35H,7-10,12-15H2,1-2H3,(H,31,34)/t16-,17?,18?,19?,24?,27?/m1/s1. The summed E-state index contributed by atoms with van der Waals surface area (Å²) in [5, 5.41) is 14.1. The average Bonchev–Trinajstić information content (AvgIpc) is 2.85. The summed E-state index contributed by atoms with van der Waals surface area (Å²) in [5.74, 6) is 1.82. The third-order valence-electron chi connectivity index (χ3n) is 8.79. The number of benzene rings is 1. The first-order valence-corrected chi connectivity index (χ1v) is 13.0. The smallest absolute Gasteiger partial charge is 0.270 e. The number of aliphatic hydroxyl groups is 1. The molecule has 192 valence electrons. The fourth-order valence-electron chi connectivity index (χ4n) is 7.40. The molecule has 1 aliphatic heterocycles. The average molecular weight is 496 g/mol. The Morgan fingerprint density at radius 2 is 1.97 bits per heavy atom. The maximum Gasteiger partial charge on any atom is 0.270 e. The minimum absolute atomic E-state index is 0.0312. The van der Waals surface area contributed by atoms with Crippen molar-refractivity contribution in [2.75, 3.05) is 36.5 Å². The molecule has 0 radical (unpaired) electrons. The molecule has 2 heterocycles. The Labute approximate surface area is 210 Å². The van der Waals surface area contributed by atoms with E-state index in [1.165, 1.54) is 13.2 Å². The van der Waals surface area contributed by atoms with Gasteiger partial charge >= 0.3 is 0 Å². The number of rotatable bonds is 5. The second-order valence-corrected chi connectivity index (χ2v) is 11.2. The molecule has 4 bridgehead atoms. The Morgan fingerprint density at radius 1 is 1.19 bits per heavy atom. The van der Waals surface area contributed by atoms with Gasteiger partial charge in [-0.3, -0.25) is 4.79 Å². The van der Waals surface area contributed by atoms with Crippen LogP contribution in [0.4, 0.5) is 16.0 Å². The minimum atomic E-state index is -0.521. The molecule has 4 aliphatic carbocycles. The fraction of sp³-hybridized carbons (Fsp3) is 0.593. The van der Waals surface area contributed by atoms with Crippen LogP contribution in [0.2, 0.25) is 0 Å². The number of piperazine rings is 1. The van der Waals surface area contributed by atoms with Crippen molar-refractivity contribution in [1.82, 2.24) is 15.3 Å². The van der Waals surface area contributed by atoms with Crippen LogP contribution in [0, 0.1) is 23.6 Å². The number of nitrogens with zero attached hydrogens (tertiary/aromatic N) is 4. The molecule has 0 spiro atoms. The number of hydrogen-bond acceptors (Lipinski definition) is 7. The van der Waals surface area contributed by atoms with Gasteiger partial charge in [-0.15, -0.1) is 0 Å². The molecule has 2 aromatic rings. The van der Waals surface area contributed by atoms with E-state index in [1.54, 1.807) is 24.4 Å². The van der Waals surface area contributed by atoms with Crippen LogP contribution in [-0.2, 0) is 0 Å². The Morgan fingerprint density at radius 3 is 2.64 bits per heavy atom. The van der Waals surface area contributed by atoms with Crippen LogP contribution < -0.4 is 19.9 Å². The highest BCUT2D eigenvalue weighted by Gasteiger charge is 2.55. The highest BCUT2D eigenvalue weighted by Crippen LogP contribution is 2.55. The van der Waals surface area contributed by atoms with Gasteiger partial charge in [0.15, 0.2) is 0 Å². The van der Waals surface area contributed by atoms with Crippen LogP contribution in [0.15, 0.2) is 30.5 Å². The number of carbonyl (C=O) groups excluding carboxylic acids is 1. The summed E-state index contributed by atoms with van der Waals surface area (Å²) >= 11 is 0. The van der Waals surface area contributed by atoms with Gasteiger partial charge in [0.2, 0.25) is 5.95 Å². The van der Waals surface area contributed by atoms with Crippen LogP contribution in [0.3, 0.4) is 0 Å². The molecule has 3 atom stereocenters. The van der Waals surface area contributed by atoms with Gasteiger partial charge in [-0.25, -0.2) is 14.4 Å². The van der Waals surface area contributed by atoms with Gasteiger partial charge in [-0.05, 0) is 75.0 Å². The Balaban J connectivity index is 1.13. The van der Waals surface area contributed by atoms with Gasteiger partial charge in [0.05, 0.1) is 18.4 Å². The van der Waals surface area contributed by atoms with Crippen molar-refractivity contribution in [3.63, 3.8) is 0 Å². The molecular weight excluding hydrogens is 461 g/mol. The molecule has 36 heavy (non-hydrogen) atoms.